The Morgan fingerprint density at radius 3 is 2.32 bits per heavy atom. The molecule has 2 rings (SSSR count). The van der Waals surface area contributed by atoms with E-state index < -0.39 is 15.9 Å². The molecule has 0 saturated carbocycles. The molecule has 0 spiro atoms. The summed E-state index contributed by atoms with van der Waals surface area (Å²) in [5, 5.41) is 2.76. The Bertz CT molecular complexity index is 832. The van der Waals surface area contributed by atoms with Gasteiger partial charge in [0, 0.05) is 5.69 Å². The number of rotatable bonds is 7. The SMILES string of the molecule is CCS(=O)(=O)N(CC(=O)Nc1ccccc1C)c1ccc(OC)cc1. The molecule has 6 nitrogen and oxygen atoms in total. The van der Waals surface area contributed by atoms with E-state index in [2.05, 4.69) is 5.32 Å². The van der Waals surface area contributed by atoms with Crippen LogP contribution >= 0.6 is 0 Å². The van der Waals surface area contributed by atoms with E-state index in [9.17, 15) is 13.2 Å². The van der Waals surface area contributed by atoms with E-state index in [1.54, 1.807) is 37.3 Å². The molecule has 0 unspecified atom stereocenters. The molecule has 7 heteroatoms. The van der Waals surface area contributed by atoms with Crippen molar-refractivity contribution in [3.05, 3.63) is 54.1 Å². The van der Waals surface area contributed by atoms with E-state index in [-0.39, 0.29) is 12.3 Å². The molecule has 0 aromatic heterocycles. The summed E-state index contributed by atoms with van der Waals surface area (Å²) in [5.74, 6) is 0.112. The number of carbonyl (C=O) groups excluding carboxylic acids is 1. The first kappa shape index (κ1) is 18.8. The number of hydrogen-bond acceptors (Lipinski definition) is 4. The molecule has 0 aliphatic rings. The van der Waals surface area contributed by atoms with Gasteiger partial charge in [0.1, 0.15) is 12.3 Å². The van der Waals surface area contributed by atoms with Gasteiger partial charge in [-0.2, -0.15) is 0 Å². The third-order valence-corrected chi connectivity index (χ3v) is 5.51. The van der Waals surface area contributed by atoms with Gasteiger partial charge in [0.25, 0.3) is 0 Å². The van der Waals surface area contributed by atoms with Crippen LogP contribution in [-0.4, -0.2) is 33.7 Å². The number of methoxy groups -OCH3 is 1. The van der Waals surface area contributed by atoms with Crippen molar-refractivity contribution in [1.29, 1.82) is 0 Å². The number of benzene rings is 2. The molecule has 1 N–H and O–H groups in total. The summed E-state index contributed by atoms with van der Waals surface area (Å²) in [4.78, 5) is 12.4. The maximum absolute atomic E-state index is 12.4. The standard InChI is InChI=1S/C18H22N2O4S/c1-4-25(22,23)20(15-9-11-16(24-3)12-10-15)13-18(21)19-17-8-6-5-7-14(17)2/h5-12H,4,13H2,1-3H3,(H,19,21). The molecule has 2 aromatic rings. The van der Waals surface area contributed by atoms with Crippen molar-refractivity contribution in [2.75, 3.05) is 29.0 Å². The lowest BCUT2D eigenvalue weighted by atomic mass is 10.2. The molecule has 0 saturated heterocycles. The van der Waals surface area contributed by atoms with Crippen molar-refractivity contribution in [3.63, 3.8) is 0 Å². The second kappa shape index (κ2) is 8.02. The first-order chi connectivity index (χ1) is 11.9. The fourth-order valence-electron chi connectivity index (χ4n) is 2.29. The van der Waals surface area contributed by atoms with Crippen LogP contribution in [-0.2, 0) is 14.8 Å². The monoisotopic (exact) mass is 362 g/mol. The lowest BCUT2D eigenvalue weighted by Gasteiger charge is -2.23. The average Bonchev–Trinajstić information content (AvgIpc) is 2.61. The predicted molar refractivity (Wildman–Crippen MR) is 99.6 cm³/mol. The quantitative estimate of drug-likeness (QED) is 0.822. The summed E-state index contributed by atoms with van der Waals surface area (Å²) in [5.41, 5.74) is 1.99. The van der Waals surface area contributed by atoms with Gasteiger partial charge < -0.3 is 10.1 Å². The zero-order valence-electron chi connectivity index (χ0n) is 14.5. The Hall–Kier alpha value is -2.54. The predicted octanol–water partition coefficient (Wildman–Crippen LogP) is 2.80. The van der Waals surface area contributed by atoms with Crippen molar-refractivity contribution in [3.8, 4) is 5.75 Å². The van der Waals surface area contributed by atoms with Gasteiger partial charge in [-0.1, -0.05) is 18.2 Å². The zero-order chi connectivity index (χ0) is 18.4. The summed E-state index contributed by atoms with van der Waals surface area (Å²) in [6, 6.07) is 13.9. The maximum atomic E-state index is 12.4. The van der Waals surface area contributed by atoms with Crippen LogP contribution in [0.4, 0.5) is 11.4 Å². The summed E-state index contributed by atoms with van der Waals surface area (Å²) < 4.78 is 31.0. The zero-order valence-corrected chi connectivity index (χ0v) is 15.3. The van der Waals surface area contributed by atoms with Crippen LogP contribution in [0.15, 0.2) is 48.5 Å². The molecular formula is C18H22N2O4S. The average molecular weight is 362 g/mol. The van der Waals surface area contributed by atoms with Crippen LogP contribution < -0.4 is 14.4 Å². The molecule has 0 radical (unpaired) electrons. The highest BCUT2D eigenvalue weighted by molar-refractivity contribution is 7.92. The fraction of sp³-hybridized carbons (Fsp3) is 0.278. The summed E-state index contributed by atoms with van der Waals surface area (Å²) >= 11 is 0. The molecule has 0 fully saturated rings. The molecule has 2 aromatic carbocycles. The molecule has 134 valence electrons. The topological polar surface area (TPSA) is 75.7 Å². The number of para-hydroxylation sites is 1. The fourth-order valence-corrected chi connectivity index (χ4v) is 3.36. The minimum atomic E-state index is -3.60. The van der Waals surface area contributed by atoms with Crippen LogP contribution in [0.2, 0.25) is 0 Å². The van der Waals surface area contributed by atoms with E-state index >= 15 is 0 Å². The van der Waals surface area contributed by atoms with Gasteiger partial charge in [0.15, 0.2) is 0 Å². The van der Waals surface area contributed by atoms with E-state index in [0.29, 0.717) is 17.1 Å². The van der Waals surface area contributed by atoms with E-state index in [4.69, 9.17) is 4.74 Å². The number of ether oxygens (including phenoxy) is 1. The van der Waals surface area contributed by atoms with E-state index in [1.807, 2.05) is 25.1 Å². The number of nitrogens with one attached hydrogen (secondary N) is 1. The number of sulfonamides is 1. The molecule has 0 atom stereocenters. The number of amides is 1. The van der Waals surface area contributed by atoms with E-state index in [1.165, 1.54) is 7.11 Å². The lowest BCUT2D eigenvalue weighted by Crippen LogP contribution is -2.39. The van der Waals surface area contributed by atoms with Crippen LogP contribution in [0, 0.1) is 6.92 Å². The van der Waals surface area contributed by atoms with Gasteiger partial charge in [0.2, 0.25) is 15.9 Å². The van der Waals surface area contributed by atoms with Crippen LogP contribution in [0.5, 0.6) is 5.75 Å². The molecule has 0 bridgehead atoms. The first-order valence-electron chi connectivity index (χ1n) is 7.87. The largest absolute Gasteiger partial charge is 0.497 e. The van der Waals surface area contributed by atoms with Crippen LogP contribution in [0.1, 0.15) is 12.5 Å². The van der Waals surface area contributed by atoms with Crippen molar-refractivity contribution < 1.29 is 17.9 Å². The molecule has 0 heterocycles. The van der Waals surface area contributed by atoms with Crippen molar-refractivity contribution in [2.45, 2.75) is 13.8 Å². The lowest BCUT2D eigenvalue weighted by molar-refractivity contribution is -0.114. The number of carbonyl (C=O) groups is 1. The molecular weight excluding hydrogens is 340 g/mol. The van der Waals surface area contributed by atoms with Gasteiger partial charge in [-0.25, -0.2) is 8.42 Å². The normalized spacial score (nSPS) is 11.0. The second-order valence-electron chi connectivity index (χ2n) is 5.47. The van der Waals surface area contributed by atoms with Gasteiger partial charge in [-0.05, 0) is 49.7 Å². The Labute approximate surface area is 148 Å². The van der Waals surface area contributed by atoms with Gasteiger partial charge in [-0.3, -0.25) is 9.10 Å². The third kappa shape index (κ3) is 4.73. The minimum Gasteiger partial charge on any atom is -0.497 e. The van der Waals surface area contributed by atoms with Crippen molar-refractivity contribution in [1.82, 2.24) is 0 Å². The molecule has 1 amide bonds. The summed E-state index contributed by atoms with van der Waals surface area (Å²) in [7, 11) is -2.07. The van der Waals surface area contributed by atoms with Gasteiger partial charge in [0.05, 0.1) is 18.6 Å². The molecule has 0 aliphatic heterocycles. The second-order valence-corrected chi connectivity index (χ2v) is 7.65. The highest BCUT2D eigenvalue weighted by atomic mass is 32.2. The molecule has 25 heavy (non-hydrogen) atoms. The smallest absolute Gasteiger partial charge is 0.245 e. The summed E-state index contributed by atoms with van der Waals surface area (Å²) in [6.07, 6.45) is 0. The summed E-state index contributed by atoms with van der Waals surface area (Å²) in [6.45, 7) is 3.13. The maximum Gasteiger partial charge on any atom is 0.245 e. The Balaban J connectivity index is 2.24. The highest BCUT2D eigenvalue weighted by Gasteiger charge is 2.23. The van der Waals surface area contributed by atoms with Gasteiger partial charge in [-0.15, -0.1) is 0 Å². The van der Waals surface area contributed by atoms with Crippen molar-refractivity contribution in [2.24, 2.45) is 0 Å². The number of aryl methyl sites for hydroxylation is 1. The molecule has 0 aliphatic carbocycles. The van der Waals surface area contributed by atoms with Crippen molar-refractivity contribution >= 4 is 27.3 Å². The number of nitrogens with zero attached hydrogens (tertiary/aromatic N) is 1. The number of hydrogen-bond donors (Lipinski definition) is 1. The van der Waals surface area contributed by atoms with Crippen LogP contribution in [0.3, 0.4) is 0 Å². The van der Waals surface area contributed by atoms with Gasteiger partial charge >= 0.3 is 0 Å². The first-order valence-corrected chi connectivity index (χ1v) is 9.48. The highest BCUT2D eigenvalue weighted by Crippen LogP contribution is 2.22. The number of anilines is 2. The van der Waals surface area contributed by atoms with E-state index in [0.717, 1.165) is 9.87 Å². The third-order valence-electron chi connectivity index (χ3n) is 3.77. The van der Waals surface area contributed by atoms with Crippen LogP contribution in [0.25, 0.3) is 0 Å². The Kier molecular flexibility index (Phi) is 6.03. The Morgan fingerprint density at radius 2 is 1.76 bits per heavy atom. The minimum absolute atomic E-state index is 0.101. The Morgan fingerprint density at radius 1 is 1.12 bits per heavy atom.